The fourth-order valence-electron chi connectivity index (χ4n) is 2.09. The van der Waals surface area contributed by atoms with Gasteiger partial charge in [-0.1, -0.05) is 26.2 Å². The third kappa shape index (κ3) is 4.07. The van der Waals surface area contributed by atoms with Crippen LogP contribution in [0.5, 0.6) is 0 Å². The highest BCUT2D eigenvalue weighted by molar-refractivity contribution is 7.86. The van der Waals surface area contributed by atoms with E-state index in [0.717, 1.165) is 38.0 Å². The molecule has 2 nitrogen and oxygen atoms in total. The molecule has 0 aromatic carbocycles. The van der Waals surface area contributed by atoms with E-state index >= 15 is 0 Å². The Morgan fingerprint density at radius 2 is 1.62 bits per heavy atom. The lowest BCUT2D eigenvalue weighted by Gasteiger charge is -2.26. The Morgan fingerprint density at radius 1 is 1.15 bits per heavy atom. The van der Waals surface area contributed by atoms with Gasteiger partial charge in [0.25, 0.3) is 0 Å². The lowest BCUT2D eigenvalue weighted by Crippen LogP contribution is -2.19. The van der Waals surface area contributed by atoms with E-state index in [9.17, 15) is 12.3 Å². The molecule has 1 fully saturated rings. The number of hydrogen-bond donors (Lipinski definition) is 0. The first-order valence-electron chi connectivity index (χ1n) is 4.93. The molecule has 0 unspecified atom stereocenters. The summed E-state index contributed by atoms with van der Waals surface area (Å²) in [5.41, 5.74) is 0. The highest BCUT2D eigenvalue weighted by atomic mass is 32.3. The van der Waals surface area contributed by atoms with Crippen molar-refractivity contribution < 1.29 is 12.3 Å². The van der Waals surface area contributed by atoms with Gasteiger partial charge in [0.1, 0.15) is 0 Å². The Hall–Kier alpha value is -0.120. The zero-order valence-corrected chi connectivity index (χ0v) is 8.82. The van der Waals surface area contributed by atoms with Crippen LogP contribution in [0.25, 0.3) is 0 Å². The normalized spacial score (nSPS) is 30.3. The Bertz CT molecular complexity index is 240. The molecule has 0 heterocycles. The van der Waals surface area contributed by atoms with Crippen molar-refractivity contribution in [1.29, 1.82) is 0 Å². The summed E-state index contributed by atoms with van der Waals surface area (Å²) in [5, 5.41) is 0. The van der Waals surface area contributed by atoms with Gasteiger partial charge in [-0.05, 0) is 24.7 Å². The van der Waals surface area contributed by atoms with E-state index in [-0.39, 0.29) is 11.7 Å². The molecule has 0 radical (unpaired) electrons. The fourth-order valence-corrected chi connectivity index (χ4v) is 2.98. The van der Waals surface area contributed by atoms with Crippen molar-refractivity contribution in [2.75, 3.05) is 5.75 Å². The third-order valence-corrected chi connectivity index (χ3v) is 3.85. The predicted molar refractivity (Wildman–Crippen MR) is 50.6 cm³/mol. The van der Waals surface area contributed by atoms with Gasteiger partial charge in [0, 0.05) is 0 Å². The van der Waals surface area contributed by atoms with Gasteiger partial charge in [0.2, 0.25) is 0 Å². The van der Waals surface area contributed by atoms with Crippen LogP contribution in [0.15, 0.2) is 0 Å². The molecule has 0 saturated heterocycles. The van der Waals surface area contributed by atoms with Crippen molar-refractivity contribution >= 4 is 10.2 Å². The van der Waals surface area contributed by atoms with Gasteiger partial charge in [-0.25, -0.2) is 0 Å². The fraction of sp³-hybridized carbons (Fsp3) is 1.00. The van der Waals surface area contributed by atoms with Crippen LogP contribution in [0.1, 0.15) is 39.0 Å². The van der Waals surface area contributed by atoms with E-state index in [1.165, 1.54) is 0 Å². The molecule has 1 rings (SSSR count). The summed E-state index contributed by atoms with van der Waals surface area (Å²) in [6, 6.07) is 0. The van der Waals surface area contributed by atoms with Crippen molar-refractivity contribution in [3.8, 4) is 0 Å². The first-order valence-corrected chi connectivity index (χ1v) is 6.49. The molecule has 0 bridgehead atoms. The Labute approximate surface area is 79.7 Å². The summed E-state index contributed by atoms with van der Waals surface area (Å²) in [6.07, 6.45) is 5.05. The summed E-state index contributed by atoms with van der Waals surface area (Å²) in [4.78, 5) is 0. The van der Waals surface area contributed by atoms with Crippen LogP contribution >= 0.6 is 0 Å². The van der Waals surface area contributed by atoms with Gasteiger partial charge in [0.15, 0.2) is 0 Å². The molecule has 13 heavy (non-hydrogen) atoms. The zero-order valence-electron chi connectivity index (χ0n) is 8.00. The maximum atomic E-state index is 12.3. The predicted octanol–water partition coefficient (Wildman–Crippen LogP) is 2.50. The molecule has 0 atom stereocenters. The molecule has 0 N–H and O–H groups in total. The van der Waals surface area contributed by atoms with E-state index < -0.39 is 10.2 Å². The zero-order chi connectivity index (χ0) is 9.90. The van der Waals surface area contributed by atoms with E-state index in [1.807, 2.05) is 0 Å². The average Bonchev–Trinajstić information content (AvgIpc) is 2.03. The third-order valence-electron chi connectivity index (χ3n) is 2.98. The summed E-state index contributed by atoms with van der Waals surface area (Å²) in [5.74, 6) is 0.542. The number of rotatable bonds is 3. The smallest absolute Gasteiger partial charge is 0.195 e. The Morgan fingerprint density at radius 3 is 2.00 bits per heavy atom. The lowest BCUT2D eigenvalue weighted by atomic mass is 9.82. The van der Waals surface area contributed by atoms with Crippen LogP contribution in [0, 0.1) is 11.8 Å². The van der Waals surface area contributed by atoms with Crippen LogP contribution in [0.2, 0.25) is 0 Å². The van der Waals surface area contributed by atoms with Gasteiger partial charge in [0.05, 0.1) is 5.75 Å². The monoisotopic (exact) mass is 208 g/mol. The molecule has 0 aromatic rings. The first kappa shape index (κ1) is 11.0. The van der Waals surface area contributed by atoms with Crippen LogP contribution in [-0.4, -0.2) is 14.2 Å². The maximum Gasteiger partial charge on any atom is 0.302 e. The lowest BCUT2D eigenvalue weighted by molar-refractivity contribution is 0.284. The topological polar surface area (TPSA) is 34.1 Å². The second kappa shape index (κ2) is 4.40. The summed E-state index contributed by atoms with van der Waals surface area (Å²) in [6.45, 7) is 2.15. The van der Waals surface area contributed by atoms with E-state index in [1.54, 1.807) is 0 Å². The van der Waals surface area contributed by atoms with Crippen molar-refractivity contribution in [2.45, 2.75) is 39.0 Å². The molecule has 1 saturated carbocycles. The second-order valence-electron chi connectivity index (χ2n) is 4.00. The summed E-state index contributed by atoms with van der Waals surface area (Å²) in [7, 11) is -4.25. The SMILES string of the molecule is CCC1CCC(CS(=O)(=O)F)CC1. The Kier molecular flexibility index (Phi) is 3.71. The Balaban J connectivity index is 2.33. The number of halogens is 1. The van der Waals surface area contributed by atoms with Crippen LogP contribution in [0.3, 0.4) is 0 Å². The van der Waals surface area contributed by atoms with Gasteiger partial charge in [-0.2, -0.15) is 8.42 Å². The molecule has 0 aliphatic heterocycles. The quantitative estimate of drug-likeness (QED) is 0.668. The van der Waals surface area contributed by atoms with Crippen molar-refractivity contribution in [3.05, 3.63) is 0 Å². The van der Waals surface area contributed by atoms with E-state index in [0.29, 0.717) is 0 Å². The minimum atomic E-state index is -4.25. The van der Waals surface area contributed by atoms with Crippen LogP contribution < -0.4 is 0 Å². The largest absolute Gasteiger partial charge is 0.302 e. The molecular weight excluding hydrogens is 191 g/mol. The molecule has 0 amide bonds. The second-order valence-corrected chi connectivity index (χ2v) is 5.41. The molecule has 0 aromatic heterocycles. The van der Waals surface area contributed by atoms with Crippen LogP contribution in [0.4, 0.5) is 3.89 Å². The van der Waals surface area contributed by atoms with Crippen molar-refractivity contribution in [1.82, 2.24) is 0 Å². The molecule has 4 heteroatoms. The minimum Gasteiger partial charge on any atom is -0.195 e. The van der Waals surface area contributed by atoms with Crippen molar-refractivity contribution in [3.63, 3.8) is 0 Å². The van der Waals surface area contributed by atoms with Gasteiger partial charge in [-0.15, -0.1) is 3.89 Å². The molecule has 0 spiro atoms. The highest BCUT2D eigenvalue weighted by Gasteiger charge is 2.24. The van der Waals surface area contributed by atoms with E-state index in [4.69, 9.17) is 0 Å². The standard InChI is InChI=1S/C9H17FO2S/c1-2-8-3-5-9(6-4-8)7-13(10,11)12/h8-9H,2-7H2,1H3. The summed E-state index contributed by atoms with van der Waals surface area (Å²) < 4.78 is 33.1. The summed E-state index contributed by atoms with van der Waals surface area (Å²) >= 11 is 0. The average molecular weight is 208 g/mol. The van der Waals surface area contributed by atoms with Crippen LogP contribution in [-0.2, 0) is 10.2 Å². The van der Waals surface area contributed by atoms with Crippen molar-refractivity contribution in [2.24, 2.45) is 11.8 Å². The molecule has 78 valence electrons. The maximum absolute atomic E-state index is 12.3. The minimum absolute atomic E-state index is 0.0674. The molecule has 1 aliphatic rings. The number of hydrogen-bond acceptors (Lipinski definition) is 2. The molecular formula is C9H17FO2S. The van der Waals surface area contributed by atoms with E-state index in [2.05, 4.69) is 6.92 Å². The van der Waals surface area contributed by atoms with Gasteiger partial charge >= 0.3 is 10.2 Å². The van der Waals surface area contributed by atoms with Gasteiger partial charge in [-0.3, -0.25) is 0 Å². The molecule has 1 aliphatic carbocycles. The van der Waals surface area contributed by atoms with Gasteiger partial charge < -0.3 is 0 Å². The highest BCUT2D eigenvalue weighted by Crippen LogP contribution is 2.31. The first-order chi connectivity index (χ1) is 6.01.